The zero-order chi connectivity index (χ0) is 12.5. The minimum atomic E-state index is -0.409. The van der Waals surface area contributed by atoms with Crippen LogP contribution in [0.2, 0.25) is 0 Å². The van der Waals surface area contributed by atoms with Crippen LogP contribution in [0.25, 0.3) is 0 Å². The van der Waals surface area contributed by atoms with Crippen LogP contribution < -0.4 is 5.32 Å². The molecule has 0 aromatic carbocycles. The van der Waals surface area contributed by atoms with Gasteiger partial charge in [0.2, 0.25) is 0 Å². The van der Waals surface area contributed by atoms with Crippen molar-refractivity contribution in [1.29, 1.82) is 0 Å². The molecule has 0 radical (unpaired) electrons. The smallest absolute Gasteiger partial charge is 0.255 e. The van der Waals surface area contributed by atoms with Gasteiger partial charge in [-0.2, -0.15) is 5.10 Å². The minimum Gasteiger partial charge on any atom is -0.346 e. The molecule has 0 saturated carbocycles. The van der Waals surface area contributed by atoms with Gasteiger partial charge in [-0.1, -0.05) is 0 Å². The van der Waals surface area contributed by atoms with Gasteiger partial charge in [-0.25, -0.2) is 0 Å². The van der Waals surface area contributed by atoms with E-state index in [9.17, 15) is 4.79 Å². The highest BCUT2D eigenvalue weighted by atomic mass is 35.5. The first-order valence-electron chi connectivity index (χ1n) is 5.17. The Labute approximate surface area is 101 Å². The molecule has 0 fully saturated rings. The van der Waals surface area contributed by atoms with Crippen molar-refractivity contribution in [1.82, 2.24) is 15.1 Å². The zero-order valence-corrected chi connectivity index (χ0v) is 11.1. The molecule has 1 amide bonds. The van der Waals surface area contributed by atoms with E-state index in [0.29, 0.717) is 11.4 Å². The molecule has 0 atom stereocenters. The van der Waals surface area contributed by atoms with E-state index in [4.69, 9.17) is 11.6 Å². The van der Waals surface area contributed by atoms with E-state index in [1.54, 1.807) is 4.68 Å². The third-order valence-corrected chi connectivity index (χ3v) is 3.19. The van der Waals surface area contributed by atoms with Crippen LogP contribution in [0.3, 0.4) is 0 Å². The lowest BCUT2D eigenvalue weighted by atomic mass is 10.1. The van der Waals surface area contributed by atoms with Crippen LogP contribution in [-0.4, -0.2) is 27.1 Å². The molecule has 0 aliphatic heterocycles. The zero-order valence-electron chi connectivity index (χ0n) is 10.4. The Hall–Kier alpha value is -1.03. The molecule has 0 unspecified atom stereocenters. The number of hydrogen-bond donors (Lipinski definition) is 1. The van der Waals surface area contributed by atoms with Crippen molar-refractivity contribution in [2.75, 3.05) is 5.88 Å². The second kappa shape index (κ2) is 4.45. The van der Waals surface area contributed by atoms with Crippen molar-refractivity contribution in [2.24, 2.45) is 7.05 Å². The maximum atomic E-state index is 12.1. The van der Waals surface area contributed by atoms with E-state index >= 15 is 0 Å². The molecule has 4 nitrogen and oxygen atoms in total. The van der Waals surface area contributed by atoms with Gasteiger partial charge in [0.25, 0.3) is 5.91 Å². The average molecular weight is 244 g/mol. The lowest BCUT2D eigenvalue weighted by molar-refractivity contribution is 0.0919. The maximum Gasteiger partial charge on any atom is 0.255 e. The summed E-state index contributed by atoms with van der Waals surface area (Å²) >= 11 is 5.77. The Morgan fingerprint density at radius 1 is 1.50 bits per heavy atom. The van der Waals surface area contributed by atoms with E-state index in [0.717, 1.165) is 11.4 Å². The Morgan fingerprint density at radius 3 is 2.44 bits per heavy atom. The summed E-state index contributed by atoms with van der Waals surface area (Å²) in [4.78, 5) is 12.1. The van der Waals surface area contributed by atoms with Gasteiger partial charge in [-0.15, -0.1) is 11.6 Å². The molecule has 0 spiro atoms. The molecule has 5 heteroatoms. The number of carbonyl (C=O) groups excluding carboxylic acids is 1. The standard InChI is InChI=1S/C11H18ClN3O/c1-7-9(8(2)15(5)14-7)10(16)13-11(3,4)6-12/h6H2,1-5H3,(H,13,16). The highest BCUT2D eigenvalue weighted by molar-refractivity contribution is 6.18. The van der Waals surface area contributed by atoms with Crippen molar-refractivity contribution < 1.29 is 4.79 Å². The van der Waals surface area contributed by atoms with Crippen molar-refractivity contribution in [3.8, 4) is 0 Å². The largest absolute Gasteiger partial charge is 0.346 e. The first kappa shape index (κ1) is 13.0. The van der Waals surface area contributed by atoms with Gasteiger partial charge in [-0.05, 0) is 27.7 Å². The number of carbonyl (C=O) groups is 1. The summed E-state index contributed by atoms with van der Waals surface area (Å²) in [5.41, 5.74) is 1.83. The van der Waals surface area contributed by atoms with Crippen molar-refractivity contribution in [3.05, 3.63) is 17.0 Å². The minimum absolute atomic E-state index is 0.117. The van der Waals surface area contributed by atoms with E-state index in [2.05, 4.69) is 10.4 Å². The fourth-order valence-electron chi connectivity index (χ4n) is 1.51. The molecule has 1 rings (SSSR count). The Morgan fingerprint density at radius 2 is 2.06 bits per heavy atom. The summed E-state index contributed by atoms with van der Waals surface area (Å²) < 4.78 is 1.71. The van der Waals surface area contributed by atoms with Gasteiger partial charge in [-0.3, -0.25) is 9.48 Å². The summed E-state index contributed by atoms with van der Waals surface area (Å²) in [5, 5.41) is 7.10. The van der Waals surface area contributed by atoms with Gasteiger partial charge >= 0.3 is 0 Å². The van der Waals surface area contributed by atoms with E-state index in [1.165, 1.54) is 0 Å². The van der Waals surface area contributed by atoms with Crippen LogP contribution in [0.15, 0.2) is 0 Å². The van der Waals surface area contributed by atoms with Crippen molar-refractivity contribution in [3.63, 3.8) is 0 Å². The van der Waals surface area contributed by atoms with Crippen LogP contribution in [0.1, 0.15) is 35.6 Å². The molecule has 0 bridgehead atoms. The monoisotopic (exact) mass is 243 g/mol. The topological polar surface area (TPSA) is 46.9 Å². The predicted octanol–water partition coefficient (Wildman–Crippen LogP) is 1.78. The molecule has 0 saturated heterocycles. The second-order valence-corrected chi connectivity index (χ2v) is 4.91. The molecule has 1 heterocycles. The molecule has 0 aliphatic rings. The number of nitrogens with one attached hydrogen (secondary N) is 1. The molecular formula is C11H18ClN3O. The third-order valence-electron chi connectivity index (χ3n) is 2.52. The summed E-state index contributed by atoms with van der Waals surface area (Å²) in [5.74, 6) is 0.255. The third kappa shape index (κ3) is 2.55. The highest BCUT2D eigenvalue weighted by Crippen LogP contribution is 2.14. The molecule has 1 aromatic heterocycles. The Balaban J connectivity index is 2.98. The number of rotatable bonds is 3. The quantitative estimate of drug-likeness (QED) is 0.823. The van der Waals surface area contributed by atoms with Crippen LogP contribution in [0, 0.1) is 13.8 Å². The lowest BCUT2D eigenvalue weighted by Gasteiger charge is -2.23. The molecule has 0 aliphatic carbocycles. The number of aromatic nitrogens is 2. The van der Waals surface area contributed by atoms with Gasteiger partial charge in [0, 0.05) is 24.2 Å². The SMILES string of the molecule is Cc1nn(C)c(C)c1C(=O)NC(C)(C)CCl. The van der Waals surface area contributed by atoms with Crippen LogP contribution >= 0.6 is 11.6 Å². The number of aryl methyl sites for hydroxylation is 2. The Bertz CT molecular complexity index is 410. The fraction of sp³-hybridized carbons (Fsp3) is 0.636. The van der Waals surface area contributed by atoms with Gasteiger partial charge in [0.05, 0.1) is 11.3 Å². The van der Waals surface area contributed by atoms with E-state index in [-0.39, 0.29) is 5.91 Å². The van der Waals surface area contributed by atoms with Gasteiger partial charge in [0.15, 0.2) is 0 Å². The summed E-state index contributed by atoms with van der Waals surface area (Å²) in [6.45, 7) is 7.48. The first-order chi connectivity index (χ1) is 7.28. The highest BCUT2D eigenvalue weighted by Gasteiger charge is 2.24. The lowest BCUT2D eigenvalue weighted by Crippen LogP contribution is -2.45. The number of halogens is 1. The summed E-state index contributed by atoms with van der Waals surface area (Å²) in [6.07, 6.45) is 0. The van der Waals surface area contributed by atoms with E-state index < -0.39 is 5.54 Å². The maximum absolute atomic E-state index is 12.1. The number of hydrogen-bond acceptors (Lipinski definition) is 2. The molecule has 16 heavy (non-hydrogen) atoms. The van der Waals surface area contributed by atoms with Gasteiger partial charge < -0.3 is 5.32 Å². The van der Waals surface area contributed by atoms with Crippen LogP contribution in [-0.2, 0) is 7.05 Å². The number of alkyl halides is 1. The predicted molar refractivity (Wildman–Crippen MR) is 64.9 cm³/mol. The Kier molecular flexibility index (Phi) is 3.63. The van der Waals surface area contributed by atoms with E-state index in [1.807, 2.05) is 34.7 Å². The normalized spacial score (nSPS) is 11.6. The van der Waals surface area contributed by atoms with Gasteiger partial charge in [0.1, 0.15) is 0 Å². The number of nitrogens with zero attached hydrogens (tertiary/aromatic N) is 2. The van der Waals surface area contributed by atoms with Crippen LogP contribution in [0.4, 0.5) is 0 Å². The molecule has 90 valence electrons. The number of amides is 1. The van der Waals surface area contributed by atoms with Crippen molar-refractivity contribution in [2.45, 2.75) is 33.2 Å². The molecule has 1 aromatic rings. The molecule has 1 N–H and O–H groups in total. The summed E-state index contributed by atoms with van der Waals surface area (Å²) in [7, 11) is 1.83. The second-order valence-electron chi connectivity index (χ2n) is 4.64. The summed E-state index contributed by atoms with van der Waals surface area (Å²) in [6, 6.07) is 0. The fourth-order valence-corrected chi connectivity index (χ4v) is 1.57. The first-order valence-corrected chi connectivity index (χ1v) is 5.70. The van der Waals surface area contributed by atoms with Crippen molar-refractivity contribution >= 4 is 17.5 Å². The molecular weight excluding hydrogens is 226 g/mol. The average Bonchev–Trinajstić information content (AvgIpc) is 2.40. The van der Waals surface area contributed by atoms with Crippen LogP contribution in [0.5, 0.6) is 0 Å².